The van der Waals surface area contributed by atoms with Gasteiger partial charge in [-0.15, -0.1) is 11.3 Å². The largest absolute Gasteiger partial charge is 0.325 e. The summed E-state index contributed by atoms with van der Waals surface area (Å²) < 4.78 is 26.8. The maximum absolute atomic E-state index is 13.6. The molecule has 2 rings (SSSR count). The molecule has 21 heavy (non-hydrogen) atoms. The maximum Gasteiger partial charge on any atom is 0.296 e. The Morgan fingerprint density at radius 1 is 1.48 bits per heavy atom. The molecule has 0 aliphatic rings. The lowest BCUT2D eigenvalue weighted by molar-refractivity contribution is -0.384. The Morgan fingerprint density at radius 2 is 2.19 bits per heavy atom. The van der Waals surface area contributed by atoms with Gasteiger partial charge in [-0.25, -0.2) is 13.8 Å². The summed E-state index contributed by atoms with van der Waals surface area (Å²) >= 11 is 1.11. The van der Waals surface area contributed by atoms with E-state index >= 15 is 0 Å². The second-order valence-corrected chi connectivity index (χ2v) is 4.74. The predicted octanol–water partition coefficient (Wildman–Crippen LogP) is 2.04. The fourth-order valence-corrected chi connectivity index (χ4v) is 2.15. The number of carbonyl (C=O) groups is 1. The van der Waals surface area contributed by atoms with E-state index in [9.17, 15) is 23.7 Å². The SMILES string of the molecule is NCc1nc(C(=O)Nc2c([N+](=O)[O-])ccc(F)c2F)cs1. The monoisotopic (exact) mass is 314 g/mol. The number of halogens is 2. The number of rotatable bonds is 4. The van der Waals surface area contributed by atoms with Crippen molar-refractivity contribution in [1.29, 1.82) is 0 Å². The molecule has 0 saturated heterocycles. The van der Waals surface area contributed by atoms with Crippen LogP contribution in [0.5, 0.6) is 0 Å². The number of benzene rings is 1. The molecule has 0 fully saturated rings. The predicted molar refractivity (Wildman–Crippen MR) is 71.0 cm³/mol. The molecule has 110 valence electrons. The molecule has 0 bridgehead atoms. The number of nitrogens with two attached hydrogens (primary N) is 1. The fraction of sp³-hybridized carbons (Fsp3) is 0.0909. The lowest BCUT2D eigenvalue weighted by atomic mass is 10.2. The molecule has 3 N–H and O–H groups in total. The smallest absolute Gasteiger partial charge is 0.296 e. The van der Waals surface area contributed by atoms with Crippen LogP contribution in [0.2, 0.25) is 0 Å². The van der Waals surface area contributed by atoms with Crippen LogP contribution < -0.4 is 11.1 Å². The van der Waals surface area contributed by atoms with Gasteiger partial charge >= 0.3 is 0 Å². The van der Waals surface area contributed by atoms with Crippen LogP contribution in [-0.2, 0) is 6.54 Å². The summed E-state index contributed by atoms with van der Waals surface area (Å²) in [6, 6.07) is 1.37. The molecule has 1 aromatic heterocycles. The van der Waals surface area contributed by atoms with E-state index in [1.807, 2.05) is 5.32 Å². The molecule has 7 nitrogen and oxygen atoms in total. The van der Waals surface area contributed by atoms with Crippen molar-refractivity contribution in [2.45, 2.75) is 6.54 Å². The molecular weight excluding hydrogens is 306 g/mol. The van der Waals surface area contributed by atoms with E-state index in [0.717, 1.165) is 17.4 Å². The summed E-state index contributed by atoms with van der Waals surface area (Å²) in [5.74, 6) is -3.71. The van der Waals surface area contributed by atoms with Crippen molar-refractivity contribution in [3.63, 3.8) is 0 Å². The van der Waals surface area contributed by atoms with Crippen molar-refractivity contribution in [2.24, 2.45) is 5.73 Å². The second kappa shape index (κ2) is 5.89. The number of amides is 1. The minimum absolute atomic E-state index is 0.0848. The molecule has 0 spiro atoms. The molecule has 0 aliphatic heterocycles. The number of carbonyl (C=O) groups excluding carboxylic acids is 1. The summed E-state index contributed by atoms with van der Waals surface area (Å²) in [6.07, 6.45) is 0. The van der Waals surface area contributed by atoms with Crippen molar-refractivity contribution in [3.8, 4) is 0 Å². The summed E-state index contributed by atoms with van der Waals surface area (Å²) in [7, 11) is 0. The molecule has 1 heterocycles. The minimum atomic E-state index is -1.51. The number of nitrogens with one attached hydrogen (secondary N) is 1. The van der Waals surface area contributed by atoms with Gasteiger partial charge in [0.1, 0.15) is 10.7 Å². The van der Waals surface area contributed by atoms with Crippen molar-refractivity contribution in [1.82, 2.24) is 4.98 Å². The Morgan fingerprint density at radius 3 is 2.76 bits per heavy atom. The Bertz CT molecular complexity index is 719. The highest BCUT2D eigenvalue weighted by Crippen LogP contribution is 2.29. The maximum atomic E-state index is 13.6. The van der Waals surface area contributed by atoms with Gasteiger partial charge < -0.3 is 11.1 Å². The first kappa shape index (κ1) is 14.9. The zero-order valence-corrected chi connectivity index (χ0v) is 11.1. The van der Waals surface area contributed by atoms with E-state index in [-0.39, 0.29) is 12.2 Å². The van der Waals surface area contributed by atoms with Gasteiger partial charge in [0.2, 0.25) is 0 Å². The third kappa shape index (κ3) is 3.01. The Labute approximate surface area is 120 Å². The molecular formula is C11H8F2N4O3S. The second-order valence-electron chi connectivity index (χ2n) is 3.80. The Kier molecular flexibility index (Phi) is 4.19. The summed E-state index contributed by atoms with van der Waals surface area (Å²) in [5, 5.41) is 14.6. The molecule has 0 aliphatic carbocycles. The average Bonchev–Trinajstić information content (AvgIpc) is 2.92. The fourth-order valence-electron chi connectivity index (χ4n) is 1.50. The first-order valence-electron chi connectivity index (χ1n) is 5.52. The number of hydrogen-bond acceptors (Lipinski definition) is 6. The molecule has 1 aromatic carbocycles. The number of anilines is 1. The summed E-state index contributed by atoms with van der Waals surface area (Å²) in [6.45, 7) is 0.117. The highest BCUT2D eigenvalue weighted by molar-refractivity contribution is 7.09. The van der Waals surface area contributed by atoms with E-state index in [2.05, 4.69) is 4.98 Å². The average molecular weight is 314 g/mol. The van der Waals surface area contributed by atoms with Crippen LogP contribution in [0.4, 0.5) is 20.2 Å². The number of hydrogen-bond donors (Lipinski definition) is 2. The van der Waals surface area contributed by atoms with Crippen LogP contribution in [0.25, 0.3) is 0 Å². The molecule has 0 radical (unpaired) electrons. The van der Waals surface area contributed by atoms with Gasteiger partial charge in [-0.1, -0.05) is 0 Å². The van der Waals surface area contributed by atoms with Crippen LogP contribution in [0.15, 0.2) is 17.5 Å². The van der Waals surface area contributed by atoms with Crippen LogP contribution in [0, 0.1) is 21.7 Å². The number of nitrogens with zero attached hydrogens (tertiary/aromatic N) is 2. The zero-order chi connectivity index (χ0) is 15.6. The first-order valence-corrected chi connectivity index (χ1v) is 6.40. The topological polar surface area (TPSA) is 111 Å². The molecule has 2 aromatic rings. The molecule has 1 amide bonds. The normalized spacial score (nSPS) is 10.4. The molecule has 0 unspecified atom stereocenters. The van der Waals surface area contributed by atoms with Gasteiger partial charge in [0, 0.05) is 18.0 Å². The van der Waals surface area contributed by atoms with Crippen molar-refractivity contribution in [2.75, 3.05) is 5.32 Å². The lowest BCUT2D eigenvalue weighted by Gasteiger charge is -2.06. The number of nitro groups is 1. The van der Waals surface area contributed by atoms with Crippen LogP contribution in [0.1, 0.15) is 15.5 Å². The van der Waals surface area contributed by atoms with Crippen molar-refractivity contribution in [3.05, 3.63) is 50.0 Å². The highest BCUT2D eigenvalue weighted by atomic mass is 32.1. The third-order valence-corrected chi connectivity index (χ3v) is 3.34. The van der Waals surface area contributed by atoms with Gasteiger partial charge in [-0.3, -0.25) is 14.9 Å². The van der Waals surface area contributed by atoms with Crippen molar-refractivity contribution < 1.29 is 18.5 Å². The highest BCUT2D eigenvalue weighted by Gasteiger charge is 2.24. The van der Waals surface area contributed by atoms with Crippen molar-refractivity contribution >= 4 is 28.6 Å². The van der Waals surface area contributed by atoms with Gasteiger partial charge in [0.25, 0.3) is 11.6 Å². The number of nitro benzene ring substituents is 1. The van der Waals surface area contributed by atoms with E-state index < -0.39 is 33.8 Å². The standard InChI is InChI=1S/C11H8F2N4O3S/c12-5-1-2-7(17(19)20)10(9(5)13)16-11(18)6-4-21-8(3-14)15-6/h1-2,4H,3,14H2,(H,16,18). The Hall–Kier alpha value is -2.46. The molecule has 0 atom stereocenters. The zero-order valence-electron chi connectivity index (χ0n) is 10.3. The minimum Gasteiger partial charge on any atom is -0.325 e. The molecule has 10 heteroatoms. The first-order chi connectivity index (χ1) is 9.93. The Balaban J connectivity index is 2.36. The quantitative estimate of drug-likeness (QED) is 0.662. The third-order valence-electron chi connectivity index (χ3n) is 2.47. The summed E-state index contributed by atoms with van der Waals surface area (Å²) in [4.78, 5) is 25.6. The van der Waals surface area contributed by atoms with E-state index in [1.165, 1.54) is 5.38 Å². The van der Waals surface area contributed by atoms with Crippen LogP contribution in [-0.4, -0.2) is 15.8 Å². The molecule has 0 saturated carbocycles. The van der Waals surface area contributed by atoms with Crippen LogP contribution >= 0.6 is 11.3 Å². The lowest BCUT2D eigenvalue weighted by Crippen LogP contribution is -2.15. The van der Waals surface area contributed by atoms with E-state index in [1.54, 1.807) is 0 Å². The van der Waals surface area contributed by atoms with Gasteiger partial charge in [0.05, 0.1) is 4.92 Å². The van der Waals surface area contributed by atoms with Gasteiger partial charge in [0.15, 0.2) is 17.3 Å². The van der Waals surface area contributed by atoms with E-state index in [0.29, 0.717) is 11.1 Å². The summed E-state index contributed by atoms with van der Waals surface area (Å²) in [5.41, 5.74) is 3.66. The number of aromatic nitrogens is 1. The van der Waals surface area contributed by atoms with Gasteiger partial charge in [-0.05, 0) is 6.07 Å². The number of thiazole rings is 1. The van der Waals surface area contributed by atoms with Gasteiger partial charge in [-0.2, -0.15) is 0 Å². The van der Waals surface area contributed by atoms with Crippen LogP contribution in [0.3, 0.4) is 0 Å². The van der Waals surface area contributed by atoms with E-state index in [4.69, 9.17) is 5.73 Å².